The second kappa shape index (κ2) is 3.70. The summed E-state index contributed by atoms with van der Waals surface area (Å²) in [5, 5.41) is 14.4. The molecular formula is C8H13N3O2S. The second-order valence-electron chi connectivity index (χ2n) is 3.69. The smallest absolute Gasteiger partial charge is 0.342 e. The normalized spacial score (nSPS) is 27.8. The molecule has 0 saturated heterocycles. The Morgan fingerprint density at radius 2 is 1.93 bits per heavy atom. The van der Waals surface area contributed by atoms with Crippen molar-refractivity contribution in [1.29, 1.82) is 0 Å². The average Bonchev–Trinajstić information content (AvgIpc) is 2.49. The summed E-state index contributed by atoms with van der Waals surface area (Å²) in [6, 6.07) is 0.140. The van der Waals surface area contributed by atoms with Crippen LogP contribution in [0, 0.1) is 4.77 Å². The molecule has 0 radical (unpaired) electrons. The Balaban J connectivity index is 2.24. The summed E-state index contributed by atoms with van der Waals surface area (Å²) in [6.07, 6.45) is 2.92. The van der Waals surface area contributed by atoms with E-state index in [4.69, 9.17) is 12.2 Å². The van der Waals surface area contributed by atoms with Gasteiger partial charge in [0.1, 0.15) is 0 Å². The predicted octanol–water partition coefficient (Wildman–Crippen LogP) is 0.710. The lowest BCUT2D eigenvalue weighted by Gasteiger charge is -2.25. The first-order valence-electron chi connectivity index (χ1n) is 4.75. The maximum atomic E-state index is 11.4. The fraction of sp³-hybridized carbons (Fsp3) is 0.750. The van der Waals surface area contributed by atoms with Crippen LogP contribution in [0.4, 0.5) is 0 Å². The van der Waals surface area contributed by atoms with Crippen LogP contribution in [0.1, 0.15) is 31.7 Å². The van der Waals surface area contributed by atoms with Crippen LogP contribution in [0.5, 0.6) is 0 Å². The highest BCUT2D eigenvalue weighted by molar-refractivity contribution is 7.71. The first-order valence-corrected chi connectivity index (χ1v) is 5.16. The fourth-order valence-corrected chi connectivity index (χ4v) is 2.25. The van der Waals surface area contributed by atoms with Gasteiger partial charge in [-0.25, -0.2) is 9.89 Å². The summed E-state index contributed by atoms with van der Waals surface area (Å²) in [5.41, 5.74) is -0.184. The topological polar surface area (TPSA) is 73.8 Å². The highest BCUT2D eigenvalue weighted by Gasteiger charge is 2.22. The SMILES string of the molecule is O=c1[nH][nH]c(=S)n1C1CCC(O)CC1. The Kier molecular flexibility index (Phi) is 2.56. The molecule has 1 saturated carbocycles. The Bertz CT molecular complexity index is 383. The molecule has 2 rings (SSSR count). The summed E-state index contributed by atoms with van der Waals surface area (Å²) in [4.78, 5) is 11.4. The van der Waals surface area contributed by atoms with Crippen molar-refractivity contribution in [2.75, 3.05) is 0 Å². The van der Waals surface area contributed by atoms with Crippen LogP contribution < -0.4 is 5.69 Å². The molecule has 0 aliphatic heterocycles. The van der Waals surface area contributed by atoms with Crippen LogP contribution >= 0.6 is 12.2 Å². The van der Waals surface area contributed by atoms with Crippen LogP contribution in [-0.4, -0.2) is 26.0 Å². The van der Waals surface area contributed by atoms with E-state index < -0.39 is 0 Å². The zero-order valence-electron chi connectivity index (χ0n) is 7.69. The number of nitrogens with zero attached hydrogens (tertiary/aromatic N) is 1. The molecule has 0 amide bonds. The lowest BCUT2D eigenvalue weighted by molar-refractivity contribution is 0.109. The molecule has 1 aromatic rings. The third kappa shape index (κ3) is 1.67. The van der Waals surface area contributed by atoms with Gasteiger partial charge < -0.3 is 5.11 Å². The van der Waals surface area contributed by atoms with Crippen LogP contribution in [0.25, 0.3) is 0 Å². The van der Waals surface area contributed by atoms with E-state index in [1.54, 1.807) is 4.57 Å². The van der Waals surface area contributed by atoms with Crippen molar-refractivity contribution in [2.45, 2.75) is 37.8 Å². The molecule has 14 heavy (non-hydrogen) atoms. The molecule has 5 nitrogen and oxygen atoms in total. The van der Waals surface area contributed by atoms with E-state index in [1.165, 1.54) is 0 Å². The van der Waals surface area contributed by atoms with E-state index in [1.807, 2.05) is 0 Å². The minimum atomic E-state index is -0.210. The van der Waals surface area contributed by atoms with Gasteiger partial charge in [0.25, 0.3) is 0 Å². The lowest BCUT2D eigenvalue weighted by Crippen LogP contribution is -2.27. The molecule has 78 valence electrons. The fourth-order valence-electron chi connectivity index (χ4n) is 1.97. The molecule has 1 aliphatic carbocycles. The zero-order chi connectivity index (χ0) is 10.1. The van der Waals surface area contributed by atoms with Crippen molar-refractivity contribution in [3.8, 4) is 0 Å². The number of hydrogen-bond donors (Lipinski definition) is 3. The molecular weight excluding hydrogens is 202 g/mol. The number of rotatable bonds is 1. The molecule has 1 heterocycles. The Morgan fingerprint density at radius 3 is 2.43 bits per heavy atom. The largest absolute Gasteiger partial charge is 0.393 e. The zero-order valence-corrected chi connectivity index (χ0v) is 8.51. The molecule has 3 N–H and O–H groups in total. The summed E-state index contributed by atoms with van der Waals surface area (Å²) in [7, 11) is 0. The van der Waals surface area contributed by atoms with E-state index in [9.17, 15) is 9.90 Å². The van der Waals surface area contributed by atoms with E-state index in [-0.39, 0.29) is 17.8 Å². The standard InChI is InChI=1S/C8H13N3O2S/c12-6-3-1-5(2-4-6)11-7(13)9-10-8(11)14/h5-6,12H,1-4H2,(H,9,13)(H,10,14). The summed E-state index contributed by atoms with van der Waals surface area (Å²) < 4.78 is 2.01. The molecule has 1 fully saturated rings. The minimum Gasteiger partial charge on any atom is -0.393 e. The third-order valence-electron chi connectivity index (χ3n) is 2.75. The summed E-state index contributed by atoms with van der Waals surface area (Å²) in [5.74, 6) is 0. The molecule has 0 atom stereocenters. The van der Waals surface area contributed by atoms with Crippen molar-refractivity contribution < 1.29 is 5.11 Å². The van der Waals surface area contributed by atoms with Gasteiger partial charge in [-0.3, -0.25) is 9.67 Å². The number of hydrogen-bond acceptors (Lipinski definition) is 3. The van der Waals surface area contributed by atoms with E-state index in [2.05, 4.69) is 10.2 Å². The monoisotopic (exact) mass is 215 g/mol. The molecule has 0 spiro atoms. The van der Waals surface area contributed by atoms with Crippen molar-refractivity contribution in [1.82, 2.24) is 14.8 Å². The molecule has 0 unspecified atom stereocenters. The minimum absolute atomic E-state index is 0.140. The van der Waals surface area contributed by atoms with Crippen molar-refractivity contribution >= 4 is 12.2 Å². The molecule has 0 aromatic carbocycles. The van der Waals surface area contributed by atoms with Gasteiger partial charge in [0.2, 0.25) is 0 Å². The van der Waals surface area contributed by atoms with Gasteiger partial charge in [0, 0.05) is 6.04 Å². The molecule has 0 bridgehead atoms. The van der Waals surface area contributed by atoms with Crippen LogP contribution in [0.15, 0.2) is 4.79 Å². The van der Waals surface area contributed by atoms with Crippen molar-refractivity contribution in [3.05, 3.63) is 15.3 Å². The number of aromatic amines is 2. The Labute approximate surface area is 85.8 Å². The predicted molar refractivity (Wildman–Crippen MR) is 53.7 cm³/mol. The molecule has 1 aromatic heterocycles. The van der Waals surface area contributed by atoms with Gasteiger partial charge in [-0.2, -0.15) is 0 Å². The average molecular weight is 215 g/mol. The number of H-pyrrole nitrogens is 2. The van der Waals surface area contributed by atoms with Crippen molar-refractivity contribution in [2.24, 2.45) is 0 Å². The second-order valence-corrected chi connectivity index (χ2v) is 4.08. The van der Waals surface area contributed by atoms with E-state index in [0.29, 0.717) is 4.77 Å². The molecule has 1 aliphatic rings. The summed E-state index contributed by atoms with van der Waals surface area (Å²) >= 11 is 5.00. The van der Waals surface area contributed by atoms with Crippen LogP contribution in [-0.2, 0) is 0 Å². The third-order valence-corrected chi connectivity index (χ3v) is 3.04. The number of aliphatic hydroxyl groups is 1. The van der Waals surface area contributed by atoms with Gasteiger partial charge in [-0.1, -0.05) is 0 Å². The van der Waals surface area contributed by atoms with Gasteiger partial charge in [0.15, 0.2) is 4.77 Å². The maximum absolute atomic E-state index is 11.4. The highest BCUT2D eigenvalue weighted by Crippen LogP contribution is 2.27. The van der Waals surface area contributed by atoms with Gasteiger partial charge in [0.05, 0.1) is 6.10 Å². The van der Waals surface area contributed by atoms with Crippen LogP contribution in [0.2, 0.25) is 0 Å². The first kappa shape index (κ1) is 9.67. The number of nitrogens with one attached hydrogen (secondary N) is 2. The van der Waals surface area contributed by atoms with Gasteiger partial charge in [-0.15, -0.1) is 0 Å². The maximum Gasteiger partial charge on any atom is 0.342 e. The van der Waals surface area contributed by atoms with E-state index in [0.717, 1.165) is 25.7 Å². The highest BCUT2D eigenvalue weighted by atomic mass is 32.1. The summed E-state index contributed by atoms with van der Waals surface area (Å²) in [6.45, 7) is 0. The Morgan fingerprint density at radius 1 is 1.29 bits per heavy atom. The quantitative estimate of drug-likeness (QED) is 0.604. The Hall–Kier alpha value is -0.880. The lowest BCUT2D eigenvalue weighted by atomic mass is 9.93. The first-order chi connectivity index (χ1) is 6.68. The van der Waals surface area contributed by atoms with Gasteiger partial charge in [-0.05, 0) is 37.9 Å². The number of aliphatic hydroxyl groups excluding tert-OH is 1. The number of aromatic nitrogens is 3. The van der Waals surface area contributed by atoms with Crippen LogP contribution in [0.3, 0.4) is 0 Å². The molecule has 6 heteroatoms. The van der Waals surface area contributed by atoms with Crippen molar-refractivity contribution in [3.63, 3.8) is 0 Å². The van der Waals surface area contributed by atoms with E-state index >= 15 is 0 Å². The van der Waals surface area contributed by atoms with Gasteiger partial charge >= 0.3 is 5.69 Å².